The molecule has 1 fully saturated rings. The molecule has 2 unspecified atom stereocenters. The zero-order valence-electron chi connectivity index (χ0n) is 20.3. The Morgan fingerprint density at radius 3 is 2.40 bits per heavy atom. The van der Waals surface area contributed by atoms with Crippen molar-refractivity contribution >= 4 is 5.91 Å². The third-order valence-electron chi connectivity index (χ3n) is 6.64. The van der Waals surface area contributed by atoms with Crippen molar-refractivity contribution in [1.82, 2.24) is 14.9 Å². The Bertz CT molecular complexity index is 1180. The van der Waals surface area contributed by atoms with Crippen LogP contribution in [0.25, 0.3) is 0 Å². The van der Waals surface area contributed by atoms with Gasteiger partial charge in [0.15, 0.2) is 5.69 Å². The topological polar surface area (TPSA) is 95.5 Å². The smallest absolute Gasteiger partial charge is 0.294 e. The zero-order chi connectivity index (χ0) is 24.8. The van der Waals surface area contributed by atoms with Gasteiger partial charge in [0.05, 0.1) is 6.61 Å². The maximum absolute atomic E-state index is 13.6. The third-order valence-corrected chi connectivity index (χ3v) is 6.64. The molecule has 2 atom stereocenters. The van der Waals surface area contributed by atoms with Gasteiger partial charge in [0.2, 0.25) is 5.75 Å². The van der Waals surface area contributed by atoms with Gasteiger partial charge in [-0.2, -0.15) is 0 Å². The standard InChI is InChI=1S/C28H33N3O4/c1-19(2)31(16-17-32)28(34)24-25(35-18-20-10-5-3-6-11-20)27(33)30-26(29-24)23-15-9-14-22(23)21-12-7-4-8-13-21/h3-8,10-13,19,22-23,32H,9,14-18H2,1-2H3,(H,29,30,33). The Hall–Kier alpha value is -3.45. The number of hydrogen-bond donors (Lipinski definition) is 2. The van der Waals surface area contributed by atoms with Crippen LogP contribution in [0.2, 0.25) is 0 Å². The molecule has 7 nitrogen and oxygen atoms in total. The van der Waals surface area contributed by atoms with Gasteiger partial charge in [-0.25, -0.2) is 4.98 Å². The fourth-order valence-corrected chi connectivity index (χ4v) is 4.89. The Labute approximate surface area is 205 Å². The highest BCUT2D eigenvalue weighted by atomic mass is 16.5. The number of aromatic amines is 1. The lowest BCUT2D eigenvalue weighted by Gasteiger charge is -2.27. The molecule has 1 saturated carbocycles. The highest BCUT2D eigenvalue weighted by Gasteiger charge is 2.34. The summed E-state index contributed by atoms with van der Waals surface area (Å²) in [4.78, 5) is 36.1. The summed E-state index contributed by atoms with van der Waals surface area (Å²) in [5, 5.41) is 9.53. The lowest BCUT2D eigenvalue weighted by Crippen LogP contribution is -2.40. The van der Waals surface area contributed by atoms with Crippen molar-refractivity contribution in [2.24, 2.45) is 0 Å². The molecular weight excluding hydrogens is 442 g/mol. The molecule has 184 valence electrons. The Kier molecular flexibility index (Phi) is 7.98. The number of aliphatic hydroxyl groups is 1. The molecule has 0 aliphatic heterocycles. The number of H-pyrrole nitrogens is 1. The summed E-state index contributed by atoms with van der Waals surface area (Å²) in [7, 11) is 0. The second-order valence-corrected chi connectivity index (χ2v) is 9.27. The van der Waals surface area contributed by atoms with E-state index in [0.717, 1.165) is 24.8 Å². The van der Waals surface area contributed by atoms with Gasteiger partial charge in [0.25, 0.3) is 11.5 Å². The lowest BCUT2D eigenvalue weighted by atomic mass is 9.88. The van der Waals surface area contributed by atoms with E-state index in [1.807, 2.05) is 62.4 Å². The molecule has 1 amide bonds. The van der Waals surface area contributed by atoms with E-state index < -0.39 is 11.5 Å². The summed E-state index contributed by atoms with van der Waals surface area (Å²) in [5.74, 6) is 0.242. The number of ether oxygens (including phenoxy) is 1. The second-order valence-electron chi connectivity index (χ2n) is 9.27. The fourth-order valence-electron chi connectivity index (χ4n) is 4.89. The number of nitrogens with one attached hydrogen (secondary N) is 1. The van der Waals surface area contributed by atoms with E-state index in [4.69, 9.17) is 9.72 Å². The van der Waals surface area contributed by atoms with E-state index >= 15 is 0 Å². The van der Waals surface area contributed by atoms with Gasteiger partial charge >= 0.3 is 0 Å². The maximum Gasteiger partial charge on any atom is 0.294 e. The van der Waals surface area contributed by atoms with Gasteiger partial charge in [-0.3, -0.25) is 9.59 Å². The largest absolute Gasteiger partial charge is 0.481 e. The van der Waals surface area contributed by atoms with Crippen molar-refractivity contribution in [3.63, 3.8) is 0 Å². The van der Waals surface area contributed by atoms with Crippen molar-refractivity contribution in [2.45, 2.75) is 57.6 Å². The van der Waals surface area contributed by atoms with E-state index in [1.54, 1.807) is 0 Å². The summed E-state index contributed by atoms with van der Waals surface area (Å²) in [6, 6.07) is 19.5. The second kappa shape index (κ2) is 11.3. The highest BCUT2D eigenvalue weighted by molar-refractivity contribution is 5.95. The minimum Gasteiger partial charge on any atom is -0.481 e. The monoisotopic (exact) mass is 475 g/mol. The van der Waals surface area contributed by atoms with Gasteiger partial charge in [-0.1, -0.05) is 67.1 Å². The van der Waals surface area contributed by atoms with Crippen LogP contribution in [0.1, 0.15) is 72.4 Å². The predicted molar refractivity (Wildman–Crippen MR) is 135 cm³/mol. The van der Waals surface area contributed by atoms with Crippen LogP contribution in [-0.4, -0.2) is 45.1 Å². The first-order valence-electron chi connectivity index (χ1n) is 12.3. The van der Waals surface area contributed by atoms with E-state index in [2.05, 4.69) is 17.1 Å². The number of carbonyl (C=O) groups excluding carboxylic acids is 1. The summed E-state index contributed by atoms with van der Waals surface area (Å²) in [6.07, 6.45) is 2.90. The molecule has 1 aromatic heterocycles. The molecule has 7 heteroatoms. The van der Waals surface area contributed by atoms with E-state index in [9.17, 15) is 14.7 Å². The molecule has 2 N–H and O–H groups in total. The third kappa shape index (κ3) is 5.62. The SMILES string of the molecule is CC(C)N(CCO)C(=O)c1nc(C2CCCC2c2ccccc2)[nH]c(=O)c1OCc1ccccc1. The van der Waals surface area contributed by atoms with Crippen molar-refractivity contribution in [2.75, 3.05) is 13.2 Å². The quantitative estimate of drug-likeness (QED) is 0.483. The molecule has 3 aromatic rings. The number of hydrogen-bond acceptors (Lipinski definition) is 5. The van der Waals surface area contributed by atoms with E-state index in [-0.39, 0.29) is 49.1 Å². The van der Waals surface area contributed by atoms with Gasteiger partial charge in [-0.15, -0.1) is 0 Å². The average Bonchev–Trinajstić information content (AvgIpc) is 3.37. The van der Waals surface area contributed by atoms with Crippen molar-refractivity contribution < 1.29 is 14.6 Å². The van der Waals surface area contributed by atoms with Crippen molar-refractivity contribution in [1.29, 1.82) is 0 Å². The summed E-state index contributed by atoms with van der Waals surface area (Å²) >= 11 is 0. The van der Waals surface area contributed by atoms with Gasteiger partial charge in [-0.05, 0) is 43.7 Å². The van der Waals surface area contributed by atoms with Crippen LogP contribution >= 0.6 is 0 Å². The van der Waals surface area contributed by atoms with Crippen LogP contribution in [0, 0.1) is 0 Å². The number of aliphatic hydroxyl groups excluding tert-OH is 1. The molecule has 0 radical (unpaired) electrons. The van der Waals surface area contributed by atoms with Gasteiger partial charge in [0, 0.05) is 18.5 Å². The normalized spacial score (nSPS) is 17.5. The number of rotatable bonds is 9. The first-order valence-corrected chi connectivity index (χ1v) is 12.3. The highest BCUT2D eigenvalue weighted by Crippen LogP contribution is 2.44. The lowest BCUT2D eigenvalue weighted by molar-refractivity contribution is 0.0652. The predicted octanol–water partition coefficient (Wildman–Crippen LogP) is 4.24. The average molecular weight is 476 g/mol. The Morgan fingerprint density at radius 2 is 1.74 bits per heavy atom. The van der Waals surface area contributed by atoms with Crippen LogP contribution in [-0.2, 0) is 6.61 Å². The molecule has 2 aromatic carbocycles. The number of aromatic nitrogens is 2. The van der Waals surface area contributed by atoms with Crippen LogP contribution in [0.5, 0.6) is 5.75 Å². The minimum atomic E-state index is -0.458. The number of carbonyl (C=O) groups is 1. The minimum absolute atomic E-state index is 0.000503. The van der Waals surface area contributed by atoms with Crippen LogP contribution in [0.4, 0.5) is 0 Å². The first-order chi connectivity index (χ1) is 17.0. The van der Waals surface area contributed by atoms with E-state index in [1.165, 1.54) is 10.5 Å². The van der Waals surface area contributed by atoms with Crippen LogP contribution < -0.4 is 10.3 Å². The summed E-state index contributed by atoms with van der Waals surface area (Å²) in [5.41, 5.74) is 1.63. The van der Waals surface area contributed by atoms with Crippen molar-refractivity contribution in [3.8, 4) is 5.75 Å². The fraction of sp³-hybridized carbons (Fsp3) is 0.393. The van der Waals surface area contributed by atoms with Gasteiger partial charge in [0.1, 0.15) is 12.4 Å². The Morgan fingerprint density at radius 1 is 1.09 bits per heavy atom. The number of benzene rings is 2. The van der Waals surface area contributed by atoms with E-state index in [0.29, 0.717) is 5.82 Å². The molecule has 1 aliphatic carbocycles. The molecular formula is C28H33N3O4. The van der Waals surface area contributed by atoms with Crippen molar-refractivity contribution in [3.05, 3.63) is 93.7 Å². The zero-order valence-corrected chi connectivity index (χ0v) is 20.3. The number of nitrogens with zero attached hydrogens (tertiary/aromatic N) is 2. The van der Waals surface area contributed by atoms with Gasteiger partial charge < -0.3 is 19.7 Å². The summed E-state index contributed by atoms with van der Waals surface area (Å²) < 4.78 is 5.90. The molecule has 0 saturated heterocycles. The Balaban J connectivity index is 1.74. The number of amides is 1. The molecule has 4 rings (SSSR count). The van der Waals surface area contributed by atoms with Crippen LogP contribution in [0.15, 0.2) is 65.5 Å². The molecule has 35 heavy (non-hydrogen) atoms. The maximum atomic E-state index is 13.6. The summed E-state index contributed by atoms with van der Waals surface area (Å²) in [6.45, 7) is 3.85. The molecule has 0 bridgehead atoms. The molecule has 1 aliphatic rings. The molecule has 1 heterocycles. The first kappa shape index (κ1) is 24.7. The molecule has 0 spiro atoms. The van der Waals surface area contributed by atoms with Crippen LogP contribution in [0.3, 0.4) is 0 Å².